The molecule has 1 aliphatic heterocycles. The van der Waals surface area contributed by atoms with E-state index in [9.17, 15) is 23.9 Å². The number of hydrogen-bond donors (Lipinski definition) is 0. The molecule has 0 saturated carbocycles. The first-order valence-electron chi connectivity index (χ1n) is 6.09. The fourth-order valence-electron chi connectivity index (χ4n) is 2.11. The molecule has 0 N–H and O–H groups in total. The molecule has 0 radical (unpaired) electrons. The number of alkyl halides is 1. The number of carbonyl (C=O) groups excluding carboxylic acids is 1. The summed E-state index contributed by atoms with van der Waals surface area (Å²) in [7, 11) is 1.18. The van der Waals surface area contributed by atoms with Gasteiger partial charge in [0.2, 0.25) is 0 Å². The Morgan fingerprint density at radius 2 is 2.10 bits per heavy atom. The SMILES string of the molecule is COC(=O)C1CC(F)CN1[S+]([O-])c1ccc([N+](=O)[O-])cc1. The summed E-state index contributed by atoms with van der Waals surface area (Å²) in [6.45, 7) is -0.149. The van der Waals surface area contributed by atoms with E-state index >= 15 is 0 Å². The van der Waals surface area contributed by atoms with Crippen LogP contribution in [0, 0.1) is 10.1 Å². The van der Waals surface area contributed by atoms with Crippen LogP contribution in [-0.2, 0) is 20.9 Å². The van der Waals surface area contributed by atoms with Crippen LogP contribution < -0.4 is 0 Å². The normalized spacial score (nSPS) is 23.8. The molecule has 1 heterocycles. The van der Waals surface area contributed by atoms with Gasteiger partial charge in [-0.2, -0.15) is 0 Å². The average molecular weight is 316 g/mol. The number of halogens is 1. The zero-order valence-electron chi connectivity index (χ0n) is 11.1. The summed E-state index contributed by atoms with van der Waals surface area (Å²) in [5.41, 5.74) is -0.134. The molecular weight excluding hydrogens is 303 g/mol. The van der Waals surface area contributed by atoms with Crippen molar-refractivity contribution in [3.05, 3.63) is 34.4 Å². The third-order valence-electron chi connectivity index (χ3n) is 3.14. The molecule has 1 saturated heterocycles. The Labute approximate surface area is 123 Å². The Kier molecular flexibility index (Phi) is 4.76. The van der Waals surface area contributed by atoms with E-state index in [0.717, 1.165) is 0 Å². The lowest BCUT2D eigenvalue weighted by Gasteiger charge is -2.23. The smallest absolute Gasteiger partial charge is 0.327 e. The molecule has 3 unspecified atom stereocenters. The van der Waals surface area contributed by atoms with E-state index in [1.165, 1.54) is 35.7 Å². The summed E-state index contributed by atoms with van der Waals surface area (Å²) >= 11 is -1.78. The van der Waals surface area contributed by atoms with E-state index < -0.39 is 34.5 Å². The predicted octanol–water partition coefficient (Wildman–Crippen LogP) is 1.20. The van der Waals surface area contributed by atoms with Gasteiger partial charge in [0.15, 0.2) is 10.9 Å². The summed E-state index contributed by atoms with van der Waals surface area (Å²) < 4.78 is 31.7. The Morgan fingerprint density at radius 1 is 1.48 bits per heavy atom. The molecule has 0 bridgehead atoms. The first kappa shape index (κ1) is 15.7. The molecule has 0 aliphatic carbocycles. The molecule has 1 aliphatic rings. The number of benzene rings is 1. The number of nitro benzene ring substituents is 1. The van der Waals surface area contributed by atoms with Gasteiger partial charge in [-0.15, -0.1) is 4.31 Å². The minimum Gasteiger partial charge on any atom is -0.593 e. The highest BCUT2D eigenvalue weighted by atomic mass is 32.2. The Balaban J connectivity index is 2.19. The predicted molar refractivity (Wildman–Crippen MR) is 71.5 cm³/mol. The summed E-state index contributed by atoms with van der Waals surface area (Å²) in [6, 6.07) is 4.16. The van der Waals surface area contributed by atoms with E-state index in [-0.39, 0.29) is 23.5 Å². The molecule has 0 spiro atoms. The largest absolute Gasteiger partial charge is 0.593 e. The van der Waals surface area contributed by atoms with Crippen molar-refractivity contribution >= 4 is 23.0 Å². The minimum atomic E-state index is -1.78. The van der Waals surface area contributed by atoms with Crippen LogP contribution in [0.15, 0.2) is 29.2 Å². The van der Waals surface area contributed by atoms with Crippen LogP contribution in [0.25, 0.3) is 0 Å². The first-order valence-corrected chi connectivity index (χ1v) is 7.19. The van der Waals surface area contributed by atoms with Gasteiger partial charge in [-0.3, -0.25) is 14.9 Å². The van der Waals surface area contributed by atoms with Crippen molar-refractivity contribution in [2.24, 2.45) is 0 Å². The molecule has 9 heteroatoms. The zero-order chi connectivity index (χ0) is 15.6. The highest BCUT2D eigenvalue weighted by molar-refractivity contribution is 7.89. The lowest BCUT2D eigenvalue weighted by Crippen LogP contribution is -2.41. The van der Waals surface area contributed by atoms with Crippen molar-refractivity contribution in [3.8, 4) is 0 Å². The highest BCUT2D eigenvalue weighted by Crippen LogP contribution is 2.29. The van der Waals surface area contributed by atoms with Crippen molar-refractivity contribution in [2.75, 3.05) is 13.7 Å². The van der Waals surface area contributed by atoms with E-state index in [4.69, 9.17) is 0 Å². The van der Waals surface area contributed by atoms with Crippen molar-refractivity contribution < 1.29 is 23.4 Å². The molecule has 1 aromatic rings. The second-order valence-corrected chi connectivity index (χ2v) is 5.91. The highest BCUT2D eigenvalue weighted by Gasteiger charge is 2.45. The number of rotatable bonds is 4. The van der Waals surface area contributed by atoms with Crippen LogP contribution in [0.2, 0.25) is 0 Å². The van der Waals surface area contributed by atoms with Crippen molar-refractivity contribution in [3.63, 3.8) is 0 Å². The third kappa shape index (κ3) is 3.31. The van der Waals surface area contributed by atoms with Gasteiger partial charge in [0, 0.05) is 30.7 Å². The van der Waals surface area contributed by atoms with Gasteiger partial charge < -0.3 is 9.29 Å². The van der Waals surface area contributed by atoms with Gasteiger partial charge in [0.05, 0.1) is 29.9 Å². The fourth-order valence-corrected chi connectivity index (χ4v) is 3.45. The van der Waals surface area contributed by atoms with E-state index in [2.05, 4.69) is 4.74 Å². The average Bonchev–Trinajstić information content (AvgIpc) is 2.87. The maximum Gasteiger partial charge on any atom is 0.327 e. The summed E-state index contributed by atoms with van der Waals surface area (Å²) in [4.78, 5) is 21.9. The second kappa shape index (κ2) is 6.37. The minimum absolute atomic E-state index is 0.0780. The number of non-ortho nitro benzene ring substituents is 1. The molecule has 1 aromatic carbocycles. The number of nitro groups is 1. The van der Waals surface area contributed by atoms with Gasteiger partial charge >= 0.3 is 5.97 Å². The molecule has 21 heavy (non-hydrogen) atoms. The maximum absolute atomic E-state index is 13.5. The molecule has 1 fully saturated rings. The van der Waals surface area contributed by atoms with Crippen LogP contribution in [0.5, 0.6) is 0 Å². The van der Waals surface area contributed by atoms with Crippen molar-refractivity contribution in [1.29, 1.82) is 0 Å². The van der Waals surface area contributed by atoms with Gasteiger partial charge in [-0.25, -0.2) is 4.39 Å². The monoisotopic (exact) mass is 316 g/mol. The van der Waals surface area contributed by atoms with Crippen LogP contribution in [-0.4, -0.2) is 45.6 Å². The molecular formula is C12H13FN2O5S. The standard InChI is InChI=1S/C12H13FN2O5S/c1-20-12(16)11-6-8(13)7-14(11)21(19)10-4-2-9(3-5-10)15(17)18/h2-5,8,11H,6-7H2,1H3. The maximum atomic E-state index is 13.5. The van der Waals surface area contributed by atoms with Gasteiger partial charge in [0.25, 0.3) is 5.69 Å². The fraction of sp³-hybridized carbons (Fsp3) is 0.417. The zero-order valence-corrected chi connectivity index (χ0v) is 11.9. The summed E-state index contributed by atoms with van der Waals surface area (Å²) in [5.74, 6) is -0.648. The molecule has 7 nitrogen and oxygen atoms in total. The molecule has 114 valence electrons. The van der Waals surface area contributed by atoms with Gasteiger partial charge in [-0.1, -0.05) is 0 Å². The number of nitrogens with zero attached hydrogens (tertiary/aromatic N) is 2. The molecule has 3 atom stereocenters. The summed E-state index contributed by atoms with van der Waals surface area (Å²) in [6.07, 6.45) is -1.35. The van der Waals surface area contributed by atoms with Crippen molar-refractivity contribution in [1.82, 2.24) is 4.31 Å². The van der Waals surface area contributed by atoms with E-state index in [1.54, 1.807) is 0 Å². The Morgan fingerprint density at radius 3 is 2.62 bits per heavy atom. The first-order chi connectivity index (χ1) is 9.93. The van der Waals surface area contributed by atoms with E-state index in [0.29, 0.717) is 0 Å². The topological polar surface area (TPSA) is 95.7 Å². The number of esters is 1. The lowest BCUT2D eigenvalue weighted by atomic mass is 10.2. The number of hydrogen-bond acceptors (Lipinski definition) is 6. The van der Waals surface area contributed by atoms with Crippen LogP contribution in [0.1, 0.15) is 6.42 Å². The quantitative estimate of drug-likeness (QED) is 0.358. The van der Waals surface area contributed by atoms with Crippen molar-refractivity contribution in [2.45, 2.75) is 23.5 Å². The van der Waals surface area contributed by atoms with E-state index in [1.807, 2.05) is 0 Å². The van der Waals surface area contributed by atoms with Gasteiger partial charge in [0.1, 0.15) is 6.17 Å². The third-order valence-corrected chi connectivity index (χ3v) is 4.65. The number of carbonyl (C=O) groups is 1. The summed E-state index contributed by atoms with van der Waals surface area (Å²) in [5, 5.41) is 10.6. The van der Waals surface area contributed by atoms with Gasteiger partial charge in [-0.05, 0) is 0 Å². The molecule has 0 amide bonds. The lowest BCUT2D eigenvalue weighted by molar-refractivity contribution is -0.384. The molecule has 0 aromatic heterocycles. The number of methoxy groups -OCH3 is 1. The van der Waals surface area contributed by atoms with Crippen LogP contribution in [0.4, 0.5) is 10.1 Å². The Hall–Kier alpha value is -1.71. The van der Waals surface area contributed by atoms with Crippen LogP contribution >= 0.6 is 0 Å². The number of ether oxygens (including phenoxy) is 1. The molecule has 2 rings (SSSR count). The second-order valence-electron chi connectivity index (χ2n) is 4.47. The Bertz CT molecular complexity index is 541. The van der Waals surface area contributed by atoms with Crippen LogP contribution in [0.3, 0.4) is 0 Å².